The first-order valence-electron chi connectivity index (χ1n) is 7.91. The Hall–Kier alpha value is -2.05. The average molecular weight is 380 g/mol. The highest BCUT2D eigenvalue weighted by molar-refractivity contribution is 8.13. The smallest absolute Gasteiger partial charge is 0.232 e. The van der Waals surface area contributed by atoms with Crippen molar-refractivity contribution in [3.05, 3.63) is 60.2 Å². The molecule has 1 aliphatic rings. The van der Waals surface area contributed by atoms with Crippen molar-refractivity contribution in [2.45, 2.75) is 13.0 Å². The van der Waals surface area contributed by atoms with Crippen molar-refractivity contribution in [2.24, 2.45) is 5.92 Å². The number of halogens is 1. The van der Waals surface area contributed by atoms with Crippen LogP contribution in [0.4, 0.5) is 0 Å². The van der Waals surface area contributed by atoms with Gasteiger partial charge in [-0.25, -0.2) is 8.42 Å². The lowest BCUT2D eigenvalue weighted by atomic mass is 10.1. The minimum Gasteiger partial charge on any atom is -0.457 e. The van der Waals surface area contributed by atoms with Crippen molar-refractivity contribution in [3.63, 3.8) is 0 Å². The van der Waals surface area contributed by atoms with E-state index in [9.17, 15) is 13.2 Å². The third-order valence-electron chi connectivity index (χ3n) is 4.01. The first-order chi connectivity index (χ1) is 11.9. The molecule has 1 saturated heterocycles. The van der Waals surface area contributed by atoms with Gasteiger partial charge in [-0.05, 0) is 29.8 Å². The number of amides is 1. The van der Waals surface area contributed by atoms with Gasteiger partial charge in [0.2, 0.25) is 15.0 Å². The van der Waals surface area contributed by atoms with Crippen LogP contribution in [0.3, 0.4) is 0 Å². The second-order valence-corrected chi connectivity index (χ2v) is 8.93. The zero-order chi connectivity index (χ0) is 17.9. The molecule has 0 N–H and O–H groups in total. The van der Waals surface area contributed by atoms with Gasteiger partial charge in [0, 0.05) is 36.1 Å². The summed E-state index contributed by atoms with van der Waals surface area (Å²) in [5.41, 5.74) is 0.961. The molecule has 3 rings (SSSR count). The van der Waals surface area contributed by atoms with E-state index >= 15 is 0 Å². The number of carbonyl (C=O) groups is 1. The van der Waals surface area contributed by atoms with Gasteiger partial charge in [0.25, 0.3) is 0 Å². The number of hydrogen-bond donors (Lipinski definition) is 0. The Morgan fingerprint density at radius 2 is 1.68 bits per heavy atom. The number of carbonyl (C=O) groups excluding carboxylic acids is 1. The molecule has 0 aliphatic carbocycles. The highest BCUT2D eigenvalue weighted by atomic mass is 35.7. The normalized spacial score (nSPS) is 17.7. The molecule has 0 saturated carbocycles. The number of ether oxygens (including phenoxy) is 1. The molecule has 1 unspecified atom stereocenters. The molecule has 2 aromatic carbocycles. The standard InChI is InChI=1S/C18H18ClNO4S/c19-25(22,23)13-15-10-18(21)20(12-15)11-14-6-8-17(9-7-14)24-16-4-2-1-3-5-16/h1-9,15H,10-13H2. The zero-order valence-electron chi connectivity index (χ0n) is 13.5. The zero-order valence-corrected chi connectivity index (χ0v) is 15.0. The van der Waals surface area contributed by atoms with Gasteiger partial charge in [0.15, 0.2) is 0 Å². The average Bonchev–Trinajstić information content (AvgIpc) is 2.87. The van der Waals surface area contributed by atoms with Crippen LogP contribution in [0.1, 0.15) is 12.0 Å². The molecule has 132 valence electrons. The summed E-state index contributed by atoms with van der Waals surface area (Å²) in [4.78, 5) is 13.7. The summed E-state index contributed by atoms with van der Waals surface area (Å²) in [5, 5.41) is 0. The van der Waals surface area contributed by atoms with Gasteiger partial charge in [-0.2, -0.15) is 0 Å². The second kappa shape index (κ2) is 7.45. The van der Waals surface area contributed by atoms with Crippen LogP contribution in [-0.2, 0) is 20.4 Å². The molecular weight excluding hydrogens is 362 g/mol. The van der Waals surface area contributed by atoms with E-state index in [4.69, 9.17) is 15.4 Å². The second-order valence-electron chi connectivity index (χ2n) is 6.11. The van der Waals surface area contributed by atoms with E-state index in [0.29, 0.717) is 18.8 Å². The lowest BCUT2D eigenvalue weighted by Crippen LogP contribution is -2.25. The molecule has 1 atom stereocenters. The van der Waals surface area contributed by atoms with E-state index in [0.717, 1.165) is 11.3 Å². The molecule has 0 radical (unpaired) electrons. The van der Waals surface area contributed by atoms with Crippen LogP contribution in [0.25, 0.3) is 0 Å². The lowest BCUT2D eigenvalue weighted by Gasteiger charge is -2.17. The Bertz CT molecular complexity index is 837. The predicted molar refractivity (Wildman–Crippen MR) is 96.1 cm³/mol. The number of hydrogen-bond acceptors (Lipinski definition) is 4. The van der Waals surface area contributed by atoms with Gasteiger partial charge in [0.1, 0.15) is 11.5 Å². The summed E-state index contributed by atoms with van der Waals surface area (Å²) in [6, 6.07) is 17.0. The quantitative estimate of drug-likeness (QED) is 0.721. The summed E-state index contributed by atoms with van der Waals surface area (Å²) in [6.07, 6.45) is 0.223. The Morgan fingerprint density at radius 1 is 1.04 bits per heavy atom. The minimum absolute atomic E-state index is 0.0464. The molecule has 0 aromatic heterocycles. The van der Waals surface area contributed by atoms with Gasteiger partial charge in [0.05, 0.1) is 5.75 Å². The van der Waals surface area contributed by atoms with Crippen LogP contribution < -0.4 is 4.74 Å². The monoisotopic (exact) mass is 379 g/mol. The summed E-state index contributed by atoms with van der Waals surface area (Å²) >= 11 is 0. The van der Waals surface area contributed by atoms with Crippen LogP contribution in [0.5, 0.6) is 11.5 Å². The van der Waals surface area contributed by atoms with Crippen LogP contribution >= 0.6 is 10.7 Å². The van der Waals surface area contributed by atoms with Crippen molar-refractivity contribution in [1.82, 2.24) is 4.90 Å². The molecule has 1 amide bonds. The SMILES string of the molecule is O=C1CC(CS(=O)(=O)Cl)CN1Cc1ccc(Oc2ccccc2)cc1. The number of likely N-dealkylation sites (tertiary alicyclic amines) is 1. The van der Waals surface area contributed by atoms with Gasteiger partial charge in [-0.3, -0.25) is 4.79 Å². The molecule has 1 heterocycles. The molecule has 0 spiro atoms. The van der Waals surface area contributed by atoms with E-state index in [1.54, 1.807) is 4.90 Å². The maximum atomic E-state index is 12.0. The Labute approximate surface area is 151 Å². The van der Waals surface area contributed by atoms with Gasteiger partial charge < -0.3 is 9.64 Å². The molecule has 0 bridgehead atoms. The first-order valence-corrected chi connectivity index (χ1v) is 10.4. The number of rotatable bonds is 6. The summed E-state index contributed by atoms with van der Waals surface area (Å²) in [6.45, 7) is 0.857. The van der Waals surface area contributed by atoms with Gasteiger partial charge in [-0.1, -0.05) is 30.3 Å². The first kappa shape index (κ1) is 17.8. The molecule has 1 fully saturated rings. The van der Waals surface area contributed by atoms with Crippen molar-refractivity contribution in [3.8, 4) is 11.5 Å². The van der Waals surface area contributed by atoms with Crippen LogP contribution in [0.15, 0.2) is 54.6 Å². The van der Waals surface area contributed by atoms with E-state index in [1.165, 1.54) is 0 Å². The third-order valence-corrected chi connectivity index (χ3v) is 5.25. The summed E-state index contributed by atoms with van der Waals surface area (Å²) in [7, 11) is 1.70. The van der Waals surface area contributed by atoms with Crippen LogP contribution in [-0.4, -0.2) is 31.5 Å². The van der Waals surface area contributed by atoms with E-state index in [-0.39, 0.29) is 24.0 Å². The number of nitrogens with zero attached hydrogens (tertiary/aromatic N) is 1. The third kappa shape index (κ3) is 5.21. The van der Waals surface area contributed by atoms with Crippen molar-refractivity contribution in [2.75, 3.05) is 12.3 Å². The fourth-order valence-corrected chi connectivity index (χ4v) is 4.23. The molecule has 5 nitrogen and oxygen atoms in total. The molecular formula is C18H18ClNO4S. The van der Waals surface area contributed by atoms with Crippen molar-refractivity contribution >= 4 is 25.6 Å². The fourth-order valence-electron chi connectivity index (χ4n) is 2.91. The number of para-hydroxylation sites is 1. The Kier molecular flexibility index (Phi) is 5.30. The van der Waals surface area contributed by atoms with Crippen LogP contribution in [0.2, 0.25) is 0 Å². The minimum atomic E-state index is -3.59. The maximum absolute atomic E-state index is 12.0. The predicted octanol–water partition coefficient (Wildman–Crippen LogP) is 3.40. The fraction of sp³-hybridized carbons (Fsp3) is 0.278. The number of benzene rings is 2. The van der Waals surface area contributed by atoms with Crippen molar-refractivity contribution < 1.29 is 17.9 Å². The highest BCUT2D eigenvalue weighted by Gasteiger charge is 2.32. The molecule has 25 heavy (non-hydrogen) atoms. The summed E-state index contributed by atoms with van der Waals surface area (Å²) < 4.78 is 28.1. The van der Waals surface area contributed by atoms with Gasteiger partial charge in [-0.15, -0.1) is 0 Å². The van der Waals surface area contributed by atoms with Crippen molar-refractivity contribution in [1.29, 1.82) is 0 Å². The molecule has 1 aliphatic heterocycles. The van der Waals surface area contributed by atoms with E-state index in [2.05, 4.69) is 0 Å². The van der Waals surface area contributed by atoms with E-state index < -0.39 is 9.05 Å². The summed E-state index contributed by atoms with van der Waals surface area (Å²) in [5.74, 6) is 1.02. The maximum Gasteiger partial charge on any atom is 0.232 e. The Morgan fingerprint density at radius 3 is 2.32 bits per heavy atom. The van der Waals surface area contributed by atoms with Crippen LogP contribution in [0, 0.1) is 5.92 Å². The van der Waals surface area contributed by atoms with Gasteiger partial charge >= 0.3 is 0 Å². The molecule has 2 aromatic rings. The Balaban J connectivity index is 1.59. The molecule has 7 heteroatoms. The highest BCUT2D eigenvalue weighted by Crippen LogP contribution is 2.25. The topological polar surface area (TPSA) is 63.7 Å². The van der Waals surface area contributed by atoms with E-state index in [1.807, 2.05) is 54.6 Å². The largest absolute Gasteiger partial charge is 0.457 e. The lowest BCUT2D eigenvalue weighted by molar-refractivity contribution is -0.128.